The lowest BCUT2D eigenvalue weighted by molar-refractivity contribution is 0.0942. The molecule has 1 atom stereocenters. The maximum atomic E-state index is 11.9. The molecule has 2 heterocycles. The molecule has 0 saturated carbocycles. The first-order chi connectivity index (χ1) is 9.11. The average molecular weight is 263 g/mol. The summed E-state index contributed by atoms with van der Waals surface area (Å²) in [5, 5.41) is 16.7. The van der Waals surface area contributed by atoms with Crippen LogP contribution in [0, 0.1) is 6.92 Å². The van der Waals surface area contributed by atoms with Crippen molar-refractivity contribution in [2.45, 2.75) is 32.8 Å². The van der Waals surface area contributed by atoms with Gasteiger partial charge in [0.25, 0.3) is 11.6 Å². The minimum atomic E-state index is -0.374. The van der Waals surface area contributed by atoms with E-state index in [1.54, 1.807) is 13.0 Å². The van der Waals surface area contributed by atoms with Gasteiger partial charge in [-0.15, -0.1) is 0 Å². The normalized spacial score (nSPS) is 12.6. The molecule has 0 fully saturated rings. The third-order valence-corrected chi connectivity index (χ3v) is 3.01. The summed E-state index contributed by atoms with van der Waals surface area (Å²) in [6, 6.07) is 1.71. The van der Waals surface area contributed by atoms with Gasteiger partial charge < -0.3 is 14.9 Å². The monoisotopic (exact) mass is 263 g/mol. The summed E-state index contributed by atoms with van der Waals surface area (Å²) in [6.45, 7) is 4.14. The number of amides is 1. The summed E-state index contributed by atoms with van der Waals surface area (Å²) in [5.41, 5.74) is 1.60. The van der Waals surface area contributed by atoms with Crippen LogP contribution in [0.2, 0.25) is 0 Å². The highest BCUT2D eigenvalue weighted by molar-refractivity contribution is 5.96. The molecular formula is C13H17N3O3. The molecule has 0 aliphatic rings. The van der Waals surface area contributed by atoms with Crippen molar-refractivity contribution in [3.8, 4) is 0 Å². The molecule has 6 heteroatoms. The molecule has 1 unspecified atom stereocenters. The fourth-order valence-electron chi connectivity index (χ4n) is 1.73. The molecule has 19 heavy (non-hydrogen) atoms. The molecule has 2 aromatic rings. The molecule has 0 aromatic carbocycles. The second-order valence-corrected chi connectivity index (χ2v) is 4.45. The zero-order valence-electron chi connectivity index (χ0n) is 11.0. The van der Waals surface area contributed by atoms with Crippen LogP contribution in [0.25, 0.3) is 11.1 Å². The van der Waals surface area contributed by atoms with Gasteiger partial charge in [0.2, 0.25) is 0 Å². The minimum Gasteiger partial charge on any atom is -0.393 e. The van der Waals surface area contributed by atoms with E-state index in [1.807, 2.05) is 6.92 Å². The van der Waals surface area contributed by atoms with Crippen LogP contribution >= 0.6 is 0 Å². The van der Waals surface area contributed by atoms with Crippen LogP contribution in [0.3, 0.4) is 0 Å². The number of hydrogen-bond donors (Lipinski definition) is 2. The molecular weight excluding hydrogens is 246 g/mol. The predicted octanol–water partition coefficient (Wildman–Crippen LogP) is 1.42. The molecule has 0 aliphatic carbocycles. The van der Waals surface area contributed by atoms with Gasteiger partial charge in [-0.1, -0.05) is 12.1 Å². The SMILES string of the molecule is CCC(O)CCNC(=O)c1cnc2onc(C)c2c1. The zero-order chi connectivity index (χ0) is 13.8. The molecule has 102 valence electrons. The number of aromatic nitrogens is 2. The van der Waals surface area contributed by atoms with E-state index in [0.717, 1.165) is 5.39 Å². The number of rotatable bonds is 5. The number of hydrogen-bond acceptors (Lipinski definition) is 5. The van der Waals surface area contributed by atoms with Gasteiger partial charge in [0.15, 0.2) is 0 Å². The Morgan fingerprint density at radius 1 is 1.58 bits per heavy atom. The third kappa shape index (κ3) is 3.08. The molecule has 0 spiro atoms. The number of pyridine rings is 1. The quantitative estimate of drug-likeness (QED) is 0.851. The third-order valence-electron chi connectivity index (χ3n) is 3.01. The van der Waals surface area contributed by atoms with Gasteiger partial charge in [0.05, 0.1) is 22.7 Å². The number of nitrogens with one attached hydrogen (secondary N) is 1. The van der Waals surface area contributed by atoms with Gasteiger partial charge in [-0.2, -0.15) is 0 Å². The van der Waals surface area contributed by atoms with Crippen molar-refractivity contribution in [2.75, 3.05) is 6.54 Å². The summed E-state index contributed by atoms with van der Waals surface area (Å²) < 4.78 is 4.98. The van der Waals surface area contributed by atoms with E-state index in [9.17, 15) is 9.90 Å². The molecule has 1 amide bonds. The molecule has 0 bridgehead atoms. The minimum absolute atomic E-state index is 0.210. The van der Waals surface area contributed by atoms with Gasteiger partial charge >= 0.3 is 0 Å². The van der Waals surface area contributed by atoms with Gasteiger partial charge in [-0.25, -0.2) is 4.98 Å². The Balaban J connectivity index is 2.02. The number of aryl methyl sites for hydroxylation is 1. The zero-order valence-corrected chi connectivity index (χ0v) is 11.0. The van der Waals surface area contributed by atoms with Crippen LogP contribution in [0.4, 0.5) is 0 Å². The molecule has 0 radical (unpaired) electrons. The average Bonchev–Trinajstić information content (AvgIpc) is 2.79. The van der Waals surface area contributed by atoms with Crippen molar-refractivity contribution in [1.29, 1.82) is 0 Å². The number of nitrogens with zero attached hydrogens (tertiary/aromatic N) is 2. The number of aliphatic hydroxyl groups excluding tert-OH is 1. The van der Waals surface area contributed by atoms with Gasteiger partial charge in [0, 0.05) is 12.7 Å². The smallest absolute Gasteiger partial charge is 0.257 e. The Morgan fingerprint density at radius 2 is 2.37 bits per heavy atom. The molecule has 2 N–H and O–H groups in total. The maximum Gasteiger partial charge on any atom is 0.257 e. The van der Waals surface area contributed by atoms with Crippen molar-refractivity contribution in [3.63, 3.8) is 0 Å². The highest BCUT2D eigenvalue weighted by atomic mass is 16.5. The first-order valence-corrected chi connectivity index (χ1v) is 6.30. The predicted molar refractivity (Wildman–Crippen MR) is 69.8 cm³/mol. The fourth-order valence-corrected chi connectivity index (χ4v) is 1.73. The molecule has 0 aliphatic heterocycles. The number of carbonyl (C=O) groups excluding carboxylic acids is 1. The van der Waals surface area contributed by atoms with Gasteiger partial charge in [-0.3, -0.25) is 4.79 Å². The highest BCUT2D eigenvalue weighted by Gasteiger charge is 2.11. The van der Waals surface area contributed by atoms with E-state index in [4.69, 9.17) is 4.52 Å². The lowest BCUT2D eigenvalue weighted by Gasteiger charge is -2.08. The fraction of sp³-hybridized carbons (Fsp3) is 0.462. The van der Waals surface area contributed by atoms with Gasteiger partial charge in [-0.05, 0) is 25.8 Å². The molecule has 6 nitrogen and oxygen atoms in total. The van der Waals surface area contributed by atoms with E-state index in [2.05, 4.69) is 15.5 Å². The van der Waals surface area contributed by atoms with Crippen molar-refractivity contribution < 1.29 is 14.4 Å². The van der Waals surface area contributed by atoms with E-state index in [-0.39, 0.29) is 12.0 Å². The van der Waals surface area contributed by atoms with E-state index in [1.165, 1.54) is 6.20 Å². The van der Waals surface area contributed by atoms with Crippen LogP contribution in [0.5, 0.6) is 0 Å². The Bertz CT molecular complexity index is 580. The van der Waals surface area contributed by atoms with E-state index >= 15 is 0 Å². The first-order valence-electron chi connectivity index (χ1n) is 6.30. The molecule has 0 saturated heterocycles. The largest absolute Gasteiger partial charge is 0.393 e. The Morgan fingerprint density at radius 3 is 3.11 bits per heavy atom. The lowest BCUT2D eigenvalue weighted by Crippen LogP contribution is -2.27. The lowest BCUT2D eigenvalue weighted by atomic mass is 10.2. The number of carbonyl (C=O) groups is 1. The number of fused-ring (bicyclic) bond motifs is 1. The Hall–Kier alpha value is -1.95. The molecule has 2 rings (SSSR count). The van der Waals surface area contributed by atoms with Gasteiger partial charge in [0.1, 0.15) is 0 Å². The topological polar surface area (TPSA) is 88.2 Å². The standard InChI is InChI=1S/C13H17N3O3/c1-3-10(17)4-5-14-12(18)9-6-11-8(2)16-19-13(11)15-7-9/h6-7,10,17H,3-5H2,1-2H3,(H,14,18). The summed E-state index contributed by atoms with van der Waals surface area (Å²) in [7, 11) is 0. The van der Waals surface area contributed by atoms with Crippen LogP contribution < -0.4 is 5.32 Å². The highest BCUT2D eigenvalue weighted by Crippen LogP contribution is 2.16. The van der Waals surface area contributed by atoms with Crippen LogP contribution in [0.1, 0.15) is 35.8 Å². The first kappa shape index (κ1) is 13.5. The van der Waals surface area contributed by atoms with Crippen molar-refractivity contribution in [2.24, 2.45) is 0 Å². The van der Waals surface area contributed by atoms with Crippen LogP contribution in [0.15, 0.2) is 16.8 Å². The van der Waals surface area contributed by atoms with Crippen LogP contribution in [-0.4, -0.2) is 33.8 Å². The van der Waals surface area contributed by atoms with Crippen molar-refractivity contribution in [3.05, 3.63) is 23.5 Å². The second-order valence-electron chi connectivity index (χ2n) is 4.45. The van der Waals surface area contributed by atoms with Crippen molar-refractivity contribution >= 4 is 17.0 Å². The maximum absolute atomic E-state index is 11.9. The van der Waals surface area contributed by atoms with Crippen molar-refractivity contribution in [1.82, 2.24) is 15.5 Å². The Labute approximate surface area is 110 Å². The second kappa shape index (κ2) is 5.79. The van der Waals surface area contributed by atoms with E-state index < -0.39 is 0 Å². The summed E-state index contributed by atoms with van der Waals surface area (Å²) in [4.78, 5) is 16.0. The van der Waals surface area contributed by atoms with Crippen LogP contribution in [-0.2, 0) is 0 Å². The Kier molecular flexibility index (Phi) is 4.11. The number of aliphatic hydroxyl groups is 1. The summed E-state index contributed by atoms with van der Waals surface area (Å²) >= 11 is 0. The molecule has 2 aromatic heterocycles. The summed E-state index contributed by atoms with van der Waals surface area (Å²) in [6.07, 6.45) is 2.31. The summed E-state index contributed by atoms with van der Waals surface area (Å²) in [5.74, 6) is -0.210. The van der Waals surface area contributed by atoms with E-state index in [0.29, 0.717) is 36.4 Å².